The van der Waals surface area contributed by atoms with Gasteiger partial charge in [0.15, 0.2) is 5.76 Å². The highest BCUT2D eigenvalue weighted by Gasteiger charge is 2.29. The van der Waals surface area contributed by atoms with Gasteiger partial charge in [0.05, 0.1) is 6.26 Å². The Hall–Kier alpha value is -3.28. The van der Waals surface area contributed by atoms with Gasteiger partial charge in [-0.25, -0.2) is 0 Å². The number of piperidine rings is 1. The highest BCUT2D eigenvalue weighted by Crippen LogP contribution is 2.31. The summed E-state index contributed by atoms with van der Waals surface area (Å²) in [5.41, 5.74) is 0.205. The number of nitrogens with one attached hydrogen (secondary N) is 1. The van der Waals surface area contributed by atoms with Crippen LogP contribution < -0.4 is 10.2 Å². The predicted molar refractivity (Wildman–Crippen MR) is 100 cm³/mol. The first kappa shape index (κ1) is 19.5. The van der Waals surface area contributed by atoms with Crippen molar-refractivity contribution in [2.24, 2.45) is 5.92 Å². The van der Waals surface area contributed by atoms with Gasteiger partial charge >= 0.3 is 0 Å². The number of furan rings is 1. The molecule has 0 spiro atoms. The molecule has 1 N–H and O–H groups in total. The van der Waals surface area contributed by atoms with E-state index in [9.17, 15) is 14.9 Å². The highest BCUT2D eigenvalue weighted by molar-refractivity contribution is 5.80. The van der Waals surface area contributed by atoms with Gasteiger partial charge < -0.3 is 24.0 Å². The number of anilines is 1. The molecule has 0 unspecified atom stereocenters. The molecule has 2 aromatic rings. The molecular weight excluding hydrogens is 362 g/mol. The molecule has 1 fully saturated rings. The second-order valence-electron chi connectivity index (χ2n) is 6.85. The number of hydrogen-bond donors (Lipinski definition) is 1. The summed E-state index contributed by atoms with van der Waals surface area (Å²) in [7, 11) is 3.38. The van der Waals surface area contributed by atoms with Crippen LogP contribution >= 0.6 is 0 Å². The normalized spacial score (nSPS) is 14.5. The molecule has 2 amide bonds. The second-order valence-corrected chi connectivity index (χ2v) is 6.85. The number of hydrogen-bond acceptors (Lipinski definition) is 7. The topological polar surface area (TPSA) is 116 Å². The molecule has 3 rings (SSSR count). The van der Waals surface area contributed by atoms with Crippen molar-refractivity contribution in [2.75, 3.05) is 38.6 Å². The minimum absolute atomic E-state index is 0.0168. The lowest BCUT2D eigenvalue weighted by atomic mass is 9.96. The number of amides is 2. The number of nitriles is 1. The summed E-state index contributed by atoms with van der Waals surface area (Å²) in [6, 6.07) is 5.49. The summed E-state index contributed by atoms with van der Waals surface area (Å²) in [5, 5.41) is 12.2. The monoisotopic (exact) mass is 385 g/mol. The van der Waals surface area contributed by atoms with E-state index in [1.54, 1.807) is 26.2 Å². The van der Waals surface area contributed by atoms with Crippen molar-refractivity contribution in [2.45, 2.75) is 19.3 Å². The summed E-state index contributed by atoms with van der Waals surface area (Å²) in [6.07, 6.45) is 3.07. The number of carbonyl (C=O) groups excluding carboxylic acids is 2. The summed E-state index contributed by atoms with van der Waals surface area (Å²) in [6.45, 7) is 1.50. The predicted octanol–water partition coefficient (Wildman–Crippen LogP) is 1.62. The zero-order valence-corrected chi connectivity index (χ0v) is 16.0. The molecule has 0 atom stereocenters. The molecule has 0 radical (unpaired) electrons. The van der Waals surface area contributed by atoms with Crippen molar-refractivity contribution in [1.82, 2.24) is 15.2 Å². The van der Waals surface area contributed by atoms with Gasteiger partial charge in [0, 0.05) is 46.1 Å². The van der Waals surface area contributed by atoms with Gasteiger partial charge in [-0.05, 0) is 25.0 Å². The van der Waals surface area contributed by atoms with Crippen molar-refractivity contribution in [3.05, 3.63) is 24.1 Å². The molecular formula is C19H23N5O4. The molecule has 0 aliphatic carbocycles. The number of rotatable bonds is 6. The van der Waals surface area contributed by atoms with E-state index in [-0.39, 0.29) is 35.7 Å². The molecule has 1 aliphatic rings. The Balaban J connectivity index is 1.55. The summed E-state index contributed by atoms with van der Waals surface area (Å²) >= 11 is 0. The van der Waals surface area contributed by atoms with Crippen molar-refractivity contribution in [3.8, 4) is 17.7 Å². The van der Waals surface area contributed by atoms with Crippen LogP contribution in [0.5, 0.6) is 0 Å². The lowest BCUT2D eigenvalue weighted by Crippen LogP contribution is -2.41. The number of nitrogens with zero attached hydrogens (tertiary/aromatic N) is 4. The average Bonchev–Trinajstić information content (AvgIpc) is 3.37. The van der Waals surface area contributed by atoms with E-state index in [0.717, 1.165) is 0 Å². The minimum atomic E-state index is -0.122. The van der Waals surface area contributed by atoms with Crippen molar-refractivity contribution < 1.29 is 18.4 Å². The van der Waals surface area contributed by atoms with E-state index in [2.05, 4.69) is 16.4 Å². The number of carbonyl (C=O) groups is 2. The van der Waals surface area contributed by atoms with Crippen LogP contribution in [0.3, 0.4) is 0 Å². The molecule has 0 aromatic carbocycles. The van der Waals surface area contributed by atoms with Crippen LogP contribution in [-0.4, -0.2) is 55.4 Å². The molecule has 3 heterocycles. The zero-order chi connectivity index (χ0) is 20.1. The zero-order valence-electron chi connectivity index (χ0n) is 16.0. The van der Waals surface area contributed by atoms with E-state index in [0.29, 0.717) is 44.1 Å². The standard InChI is InChI=1S/C19H23N5O4/c1-23(2)16(25)5-8-21-17(26)13-6-9-24(10-7-13)19-14(12-20)22-18(28-19)15-4-3-11-27-15/h3-4,11,13H,5-10H2,1-2H3,(H,21,26). The molecule has 148 valence electrons. The van der Waals surface area contributed by atoms with Gasteiger partial charge in [-0.3, -0.25) is 9.59 Å². The fraction of sp³-hybridized carbons (Fsp3) is 0.474. The second kappa shape index (κ2) is 8.61. The molecule has 2 aromatic heterocycles. The first-order valence-corrected chi connectivity index (χ1v) is 9.17. The Morgan fingerprint density at radius 2 is 2.14 bits per heavy atom. The molecule has 0 bridgehead atoms. The van der Waals surface area contributed by atoms with Crippen LogP contribution in [0, 0.1) is 17.2 Å². The van der Waals surface area contributed by atoms with Crippen molar-refractivity contribution in [3.63, 3.8) is 0 Å². The molecule has 9 nitrogen and oxygen atoms in total. The molecule has 9 heteroatoms. The first-order valence-electron chi connectivity index (χ1n) is 9.17. The third-order valence-corrected chi connectivity index (χ3v) is 4.74. The van der Waals surface area contributed by atoms with Crippen molar-refractivity contribution >= 4 is 17.7 Å². The minimum Gasteiger partial charge on any atom is -0.459 e. The molecule has 0 saturated carbocycles. The molecule has 1 aliphatic heterocycles. The third-order valence-electron chi connectivity index (χ3n) is 4.74. The Kier molecular flexibility index (Phi) is 5.99. The Morgan fingerprint density at radius 1 is 1.39 bits per heavy atom. The van der Waals surface area contributed by atoms with Crippen LogP contribution in [-0.2, 0) is 9.59 Å². The largest absolute Gasteiger partial charge is 0.459 e. The summed E-state index contributed by atoms with van der Waals surface area (Å²) in [5.74, 6) is 0.955. The number of oxazole rings is 1. The van der Waals surface area contributed by atoms with Crippen molar-refractivity contribution in [1.29, 1.82) is 5.26 Å². The number of aromatic nitrogens is 1. The van der Waals surface area contributed by atoms with Gasteiger partial charge in [-0.2, -0.15) is 10.2 Å². The first-order chi connectivity index (χ1) is 13.5. The lowest BCUT2D eigenvalue weighted by molar-refractivity contribution is -0.129. The molecule has 28 heavy (non-hydrogen) atoms. The lowest BCUT2D eigenvalue weighted by Gasteiger charge is -2.31. The Bertz CT molecular complexity index is 858. The Morgan fingerprint density at radius 3 is 2.75 bits per heavy atom. The SMILES string of the molecule is CN(C)C(=O)CCNC(=O)C1CCN(c2oc(-c3ccco3)nc2C#N)CC1. The van der Waals surface area contributed by atoms with Crippen LogP contribution in [0.4, 0.5) is 5.88 Å². The van der Waals surface area contributed by atoms with E-state index in [1.807, 2.05) is 4.90 Å². The maximum Gasteiger partial charge on any atom is 0.266 e. The van der Waals surface area contributed by atoms with E-state index in [4.69, 9.17) is 8.83 Å². The highest BCUT2D eigenvalue weighted by atomic mass is 16.4. The molecule has 1 saturated heterocycles. The van der Waals surface area contributed by atoms with Gasteiger partial charge in [0.25, 0.3) is 5.89 Å². The van der Waals surface area contributed by atoms with E-state index >= 15 is 0 Å². The van der Waals surface area contributed by atoms with Gasteiger partial charge in [0.2, 0.25) is 23.4 Å². The smallest absolute Gasteiger partial charge is 0.266 e. The fourth-order valence-electron chi connectivity index (χ4n) is 3.11. The maximum atomic E-state index is 12.3. The van der Waals surface area contributed by atoms with Crippen LogP contribution in [0.2, 0.25) is 0 Å². The average molecular weight is 385 g/mol. The van der Waals surface area contributed by atoms with Crippen LogP contribution in [0.15, 0.2) is 27.2 Å². The summed E-state index contributed by atoms with van der Waals surface area (Å²) in [4.78, 5) is 31.5. The van der Waals surface area contributed by atoms with E-state index < -0.39 is 0 Å². The van der Waals surface area contributed by atoms with Gasteiger partial charge in [-0.15, -0.1) is 0 Å². The summed E-state index contributed by atoms with van der Waals surface area (Å²) < 4.78 is 11.0. The van der Waals surface area contributed by atoms with E-state index in [1.165, 1.54) is 11.2 Å². The Labute approximate surface area is 162 Å². The van der Waals surface area contributed by atoms with Crippen LogP contribution in [0.25, 0.3) is 11.7 Å². The van der Waals surface area contributed by atoms with Gasteiger partial charge in [0.1, 0.15) is 6.07 Å². The van der Waals surface area contributed by atoms with Gasteiger partial charge in [-0.1, -0.05) is 0 Å². The quantitative estimate of drug-likeness (QED) is 0.803. The van der Waals surface area contributed by atoms with Crippen LogP contribution in [0.1, 0.15) is 25.0 Å². The maximum absolute atomic E-state index is 12.3. The third kappa shape index (κ3) is 4.34. The fourth-order valence-corrected chi connectivity index (χ4v) is 3.11.